The van der Waals surface area contributed by atoms with Crippen LogP contribution in [0.4, 0.5) is 4.79 Å². The minimum Gasteiger partial charge on any atom is -0.445 e. The van der Waals surface area contributed by atoms with Gasteiger partial charge in [0.2, 0.25) is 0 Å². The SMILES string of the molecule is O=C1CCC=C1[C@@H]1CCCN1C(=O)OCc1ccccc1. The average Bonchev–Trinajstić information content (AvgIpc) is 3.14. The molecule has 2 aliphatic rings. The summed E-state index contributed by atoms with van der Waals surface area (Å²) in [4.78, 5) is 25.8. The van der Waals surface area contributed by atoms with Gasteiger partial charge in [-0.25, -0.2) is 4.79 Å². The summed E-state index contributed by atoms with van der Waals surface area (Å²) < 4.78 is 5.39. The monoisotopic (exact) mass is 285 g/mol. The number of Topliss-reactive ketones (excluding diaryl/α,β-unsaturated/α-hetero) is 1. The Kier molecular flexibility index (Phi) is 4.04. The molecule has 0 spiro atoms. The lowest BCUT2D eigenvalue weighted by atomic mass is 10.0. The Labute approximate surface area is 124 Å². The van der Waals surface area contributed by atoms with Crippen LogP contribution in [0.2, 0.25) is 0 Å². The molecule has 1 fully saturated rings. The molecule has 1 heterocycles. The number of ether oxygens (including phenoxy) is 1. The molecular formula is C17H19NO3. The van der Waals surface area contributed by atoms with E-state index >= 15 is 0 Å². The molecule has 21 heavy (non-hydrogen) atoms. The van der Waals surface area contributed by atoms with Gasteiger partial charge in [0, 0.05) is 18.5 Å². The van der Waals surface area contributed by atoms with Gasteiger partial charge in [-0.15, -0.1) is 0 Å². The first-order chi connectivity index (χ1) is 10.3. The zero-order valence-electron chi connectivity index (χ0n) is 12.0. The molecular weight excluding hydrogens is 266 g/mol. The molecule has 0 N–H and O–H groups in total. The summed E-state index contributed by atoms with van der Waals surface area (Å²) in [6, 6.07) is 9.55. The number of likely N-dealkylation sites (tertiary alicyclic amines) is 1. The van der Waals surface area contributed by atoms with Crippen LogP contribution >= 0.6 is 0 Å². The van der Waals surface area contributed by atoms with Crippen molar-refractivity contribution >= 4 is 11.9 Å². The van der Waals surface area contributed by atoms with Gasteiger partial charge in [-0.1, -0.05) is 36.4 Å². The summed E-state index contributed by atoms with van der Waals surface area (Å²) in [5.41, 5.74) is 1.78. The van der Waals surface area contributed by atoms with E-state index < -0.39 is 0 Å². The van der Waals surface area contributed by atoms with Gasteiger partial charge in [-0.2, -0.15) is 0 Å². The summed E-state index contributed by atoms with van der Waals surface area (Å²) in [7, 11) is 0. The minimum atomic E-state index is -0.318. The van der Waals surface area contributed by atoms with Gasteiger partial charge >= 0.3 is 6.09 Å². The predicted octanol–water partition coefficient (Wildman–Crippen LogP) is 3.08. The molecule has 0 saturated carbocycles. The first-order valence-electron chi connectivity index (χ1n) is 7.46. The highest BCUT2D eigenvalue weighted by molar-refractivity contribution is 5.99. The van der Waals surface area contributed by atoms with Crippen LogP contribution in [0.1, 0.15) is 31.2 Å². The second-order valence-corrected chi connectivity index (χ2v) is 5.51. The van der Waals surface area contributed by atoms with E-state index in [2.05, 4.69) is 0 Å². The zero-order chi connectivity index (χ0) is 14.7. The molecule has 0 bridgehead atoms. The fraction of sp³-hybridized carbons (Fsp3) is 0.412. The third-order valence-electron chi connectivity index (χ3n) is 4.11. The molecule has 110 valence electrons. The molecule has 0 aromatic heterocycles. The van der Waals surface area contributed by atoms with Crippen LogP contribution in [0.5, 0.6) is 0 Å². The number of ketones is 1. The molecule has 1 saturated heterocycles. The Balaban J connectivity index is 1.62. The summed E-state index contributed by atoms with van der Waals surface area (Å²) in [5, 5.41) is 0. The van der Waals surface area contributed by atoms with Crippen molar-refractivity contribution in [2.75, 3.05) is 6.54 Å². The number of nitrogens with zero attached hydrogens (tertiary/aromatic N) is 1. The Hall–Kier alpha value is -2.10. The normalized spacial score (nSPS) is 21.5. The Morgan fingerprint density at radius 1 is 1.29 bits per heavy atom. The third-order valence-corrected chi connectivity index (χ3v) is 4.11. The zero-order valence-corrected chi connectivity index (χ0v) is 12.0. The summed E-state index contributed by atoms with van der Waals surface area (Å²) in [6.45, 7) is 0.943. The number of benzene rings is 1. The maximum atomic E-state index is 12.3. The number of hydrogen-bond acceptors (Lipinski definition) is 3. The molecule has 1 aliphatic carbocycles. The van der Waals surface area contributed by atoms with Crippen LogP contribution in [0.15, 0.2) is 42.0 Å². The van der Waals surface area contributed by atoms with Gasteiger partial charge in [0.25, 0.3) is 0 Å². The highest BCUT2D eigenvalue weighted by atomic mass is 16.6. The van der Waals surface area contributed by atoms with Crippen LogP contribution < -0.4 is 0 Å². The van der Waals surface area contributed by atoms with E-state index in [4.69, 9.17) is 4.74 Å². The van der Waals surface area contributed by atoms with Crippen molar-refractivity contribution < 1.29 is 14.3 Å². The summed E-state index contributed by atoms with van der Waals surface area (Å²) in [5.74, 6) is 0.183. The first kappa shape index (κ1) is 13.9. The van der Waals surface area contributed by atoms with E-state index in [0.717, 1.165) is 30.4 Å². The highest BCUT2D eigenvalue weighted by Gasteiger charge is 2.36. The molecule has 1 aliphatic heterocycles. The van der Waals surface area contributed by atoms with Gasteiger partial charge in [0.15, 0.2) is 5.78 Å². The van der Waals surface area contributed by atoms with Gasteiger partial charge in [-0.3, -0.25) is 4.79 Å². The van der Waals surface area contributed by atoms with Crippen molar-refractivity contribution in [3.8, 4) is 0 Å². The van der Waals surface area contributed by atoms with Crippen molar-refractivity contribution in [2.24, 2.45) is 0 Å². The number of amides is 1. The van der Waals surface area contributed by atoms with Crippen molar-refractivity contribution in [3.63, 3.8) is 0 Å². The number of hydrogen-bond donors (Lipinski definition) is 0. The van der Waals surface area contributed by atoms with Crippen LogP contribution in [-0.2, 0) is 16.1 Å². The van der Waals surface area contributed by atoms with Gasteiger partial charge in [0.1, 0.15) is 6.61 Å². The van der Waals surface area contributed by atoms with E-state index in [0.29, 0.717) is 13.0 Å². The lowest BCUT2D eigenvalue weighted by Gasteiger charge is -2.24. The van der Waals surface area contributed by atoms with Crippen molar-refractivity contribution in [1.29, 1.82) is 0 Å². The van der Waals surface area contributed by atoms with Gasteiger partial charge in [0.05, 0.1) is 6.04 Å². The maximum Gasteiger partial charge on any atom is 0.410 e. The molecule has 1 atom stereocenters. The number of carbonyl (C=O) groups is 2. The molecule has 4 nitrogen and oxygen atoms in total. The Bertz CT molecular complexity index is 565. The van der Waals surface area contributed by atoms with Crippen LogP contribution in [0, 0.1) is 0 Å². The van der Waals surface area contributed by atoms with E-state index in [1.165, 1.54) is 0 Å². The molecule has 1 aromatic carbocycles. The second-order valence-electron chi connectivity index (χ2n) is 5.51. The van der Waals surface area contributed by atoms with Gasteiger partial charge in [-0.05, 0) is 24.8 Å². The minimum absolute atomic E-state index is 0.0803. The predicted molar refractivity (Wildman–Crippen MR) is 78.7 cm³/mol. The molecule has 1 amide bonds. The van der Waals surface area contributed by atoms with Crippen molar-refractivity contribution in [1.82, 2.24) is 4.90 Å². The molecule has 0 unspecified atom stereocenters. The molecule has 3 rings (SSSR count). The molecule has 0 radical (unpaired) electrons. The number of allylic oxidation sites excluding steroid dienone is 1. The number of carbonyl (C=O) groups excluding carboxylic acids is 2. The first-order valence-corrected chi connectivity index (χ1v) is 7.46. The highest BCUT2D eigenvalue weighted by Crippen LogP contribution is 2.29. The lowest BCUT2D eigenvalue weighted by molar-refractivity contribution is -0.115. The topological polar surface area (TPSA) is 46.6 Å². The third kappa shape index (κ3) is 2.99. The largest absolute Gasteiger partial charge is 0.445 e. The summed E-state index contributed by atoms with van der Waals surface area (Å²) in [6.07, 6.45) is 4.83. The van der Waals surface area contributed by atoms with Crippen LogP contribution in [0.3, 0.4) is 0 Å². The van der Waals surface area contributed by atoms with Crippen molar-refractivity contribution in [3.05, 3.63) is 47.5 Å². The number of rotatable bonds is 3. The van der Waals surface area contributed by atoms with Crippen LogP contribution in [-0.4, -0.2) is 29.4 Å². The fourth-order valence-corrected chi connectivity index (χ4v) is 3.05. The van der Waals surface area contributed by atoms with E-state index in [1.54, 1.807) is 4.90 Å². The van der Waals surface area contributed by atoms with E-state index in [-0.39, 0.29) is 24.5 Å². The fourth-order valence-electron chi connectivity index (χ4n) is 3.05. The molecule has 4 heteroatoms. The van der Waals surface area contributed by atoms with Crippen LogP contribution in [0.25, 0.3) is 0 Å². The maximum absolute atomic E-state index is 12.3. The summed E-state index contributed by atoms with van der Waals surface area (Å²) >= 11 is 0. The lowest BCUT2D eigenvalue weighted by Crippen LogP contribution is -2.38. The Morgan fingerprint density at radius 3 is 2.81 bits per heavy atom. The second kappa shape index (κ2) is 6.12. The van der Waals surface area contributed by atoms with E-state index in [1.807, 2.05) is 36.4 Å². The van der Waals surface area contributed by atoms with Crippen molar-refractivity contribution in [2.45, 2.75) is 38.3 Å². The van der Waals surface area contributed by atoms with E-state index in [9.17, 15) is 9.59 Å². The van der Waals surface area contributed by atoms with Gasteiger partial charge < -0.3 is 9.64 Å². The Morgan fingerprint density at radius 2 is 2.10 bits per heavy atom. The quantitative estimate of drug-likeness (QED) is 0.857. The molecule has 1 aromatic rings. The smallest absolute Gasteiger partial charge is 0.410 e. The average molecular weight is 285 g/mol. The standard InChI is InChI=1S/C17H19NO3/c19-16-10-4-8-14(16)15-9-5-11-18(15)17(20)21-12-13-6-2-1-3-7-13/h1-3,6-8,15H,4-5,9-12H2/t15-/m0/s1.